The first kappa shape index (κ1) is 13.3. The third-order valence-corrected chi connectivity index (χ3v) is 3.38. The molecule has 2 amide bonds. The zero-order valence-electron chi connectivity index (χ0n) is 11.1. The molecule has 106 valence electrons. The van der Waals surface area contributed by atoms with Crippen LogP contribution >= 0.6 is 0 Å². The molecule has 1 atom stereocenters. The van der Waals surface area contributed by atoms with E-state index in [0.717, 1.165) is 5.01 Å². The van der Waals surface area contributed by atoms with Crippen LogP contribution in [-0.4, -0.2) is 21.9 Å². The molecule has 6 nitrogen and oxygen atoms in total. The molecule has 0 saturated carbocycles. The Morgan fingerprint density at radius 3 is 2.24 bits per heavy atom. The quantitative estimate of drug-likeness (QED) is 0.569. The van der Waals surface area contributed by atoms with Gasteiger partial charge in [-0.15, -0.1) is 0 Å². The first-order chi connectivity index (χ1) is 10.1. The maximum atomic E-state index is 11.8. The highest BCUT2D eigenvalue weighted by Crippen LogP contribution is 2.30. The fraction of sp³-hybridized carbons (Fsp3) is 0.0667. The Bertz CT molecular complexity index is 687. The maximum absolute atomic E-state index is 11.8. The van der Waals surface area contributed by atoms with Crippen molar-refractivity contribution in [2.75, 3.05) is 0 Å². The van der Waals surface area contributed by atoms with Crippen molar-refractivity contribution in [1.82, 2.24) is 10.4 Å². The topological polar surface area (TPSA) is 91.0 Å². The molecule has 6 heteroatoms. The maximum Gasteiger partial charge on any atom is 0.355 e. The van der Waals surface area contributed by atoms with E-state index in [0.29, 0.717) is 11.1 Å². The van der Waals surface area contributed by atoms with Gasteiger partial charge < -0.3 is 5.11 Å². The number of nitrogens with two attached hydrogens (primary N) is 1. The van der Waals surface area contributed by atoms with Crippen molar-refractivity contribution in [2.45, 2.75) is 5.72 Å². The summed E-state index contributed by atoms with van der Waals surface area (Å²) in [6, 6.07) is 17.1. The SMILES string of the molecule is NN1C(=O)NN=C(c2ccccc2)[C@]1(O)c1ccccc1. The third kappa shape index (κ3) is 2.06. The molecule has 0 saturated heterocycles. The Balaban J connectivity index is 2.19. The van der Waals surface area contributed by atoms with Crippen molar-refractivity contribution in [3.63, 3.8) is 0 Å². The number of hydrazone groups is 1. The van der Waals surface area contributed by atoms with Crippen LogP contribution < -0.4 is 11.3 Å². The number of nitrogens with zero attached hydrogens (tertiary/aromatic N) is 2. The fourth-order valence-electron chi connectivity index (χ4n) is 2.30. The van der Waals surface area contributed by atoms with Crippen LogP contribution in [0.3, 0.4) is 0 Å². The van der Waals surface area contributed by atoms with E-state index in [4.69, 9.17) is 5.84 Å². The van der Waals surface area contributed by atoms with Crippen LogP contribution in [0.25, 0.3) is 0 Å². The van der Waals surface area contributed by atoms with Crippen molar-refractivity contribution >= 4 is 11.7 Å². The number of nitrogens with one attached hydrogen (secondary N) is 1. The minimum absolute atomic E-state index is 0.261. The van der Waals surface area contributed by atoms with E-state index in [1.165, 1.54) is 0 Å². The molecule has 3 rings (SSSR count). The van der Waals surface area contributed by atoms with Gasteiger partial charge in [0.25, 0.3) is 0 Å². The molecular formula is C15H14N4O2. The highest BCUT2D eigenvalue weighted by molar-refractivity contribution is 6.09. The van der Waals surface area contributed by atoms with Crippen LogP contribution in [0.15, 0.2) is 65.8 Å². The van der Waals surface area contributed by atoms with E-state index in [-0.39, 0.29) is 5.71 Å². The van der Waals surface area contributed by atoms with Crippen molar-refractivity contribution in [3.05, 3.63) is 71.8 Å². The number of amides is 2. The summed E-state index contributed by atoms with van der Waals surface area (Å²) in [7, 11) is 0. The van der Waals surface area contributed by atoms with Crippen molar-refractivity contribution in [3.8, 4) is 0 Å². The van der Waals surface area contributed by atoms with Crippen molar-refractivity contribution in [1.29, 1.82) is 0 Å². The number of urea groups is 1. The molecule has 1 aliphatic rings. The standard InChI is InChI=1S/C15H14N4O2/c16-19-14(20)18-17-13(11-7-3-1-4-8-11)15(19,21)12-9-5-2-6-10-12/h1-10,21H,16H2,(H,18,20)/t15-/m1/s1. The first-order valence-electron chi connectivity index (χ1n) is 6.40. The van der Waals surface area contributed by atoms with Gasteiger partial charge in [0.2, 0.25) is 5.72 Å². The smallest absolute Gasteiger partial charge is 0.355 e. The summed E-state index contributed by atoms with van der Waals surface area (Å²) >= 11 is 0. The number of carbonyl (C=O) groups excluding carboxylic acids is 1. The second-order valence-corrected chi connectivity index (χ2v) is 4.65. The van der Waals surface area contributed by atoms with Crippen LogP contribution in [-0.2, 0) is 5.72 Å². The molecule has 21 heavy (non-hydrogen) atoms. The van der Waals surface area contributed by atoms with E-state index >= 15 is 0 Å². The Labute approximate surface area is 121 Å². The number of hydrogen-bond acceptors (Lipinski definition) is 4. The number of rotatable bonds is 2. The van der Waals surface area contributed by atoms with Crippen LogP contribution in [0, 0.1) is 0 Å². The normalized spacial score (nSPS) is 21.7. The average Bonchev–Trinajstić information content (AvgIpc) is 2.54. The van der Waals surface area contributed by atoms with E-state index in [9.17, 15) is 9.90 Å². The van der Waals surface area contributed by atoms with Gasteiger partial charge in [0.15, 0.2) is 0 Å². The molecule has 1 aliphatic heterocycles. The summed E-state index contributed by atoms with van der Waals surface area (Å²) in [5, 5.41) is 15.9. The van der Waals surface area contributed by atoms with Gasteiger partial charge in [-0.2, -0.15) is 5.10 Å². The van der Waals surface area contributed by atoms with Gasteiger partial charge in [-0.3, -0.25) is 0 Å². The monoisotopic (exact) mass is 282 g/mol. The van der Waals surface area contributed by atoms with Gasteiger partial charge in [0.1, 0.15) is 5.71 Å². The van der Waals surface area contributed by atoms with Crippen LogP contribution in [0.1, 0.15) is 11.1 Å². The first-order valence-corrected chi connectivity index (χ1v) is 6.40. The summed E-state index contributed by atoms with van der Waals surface area (Å²) in [5.74, 6) is 5.81. The zero-order valence-corrected chi connectivity index (χ0v) is 11.1. The lowest BCUT2D eigenvalue weighted by molar-refractivity contribution is -0.0330. The summed E-state index contributed by atoms with van der Waals surface area (Å²) in [4.78, 5) is 11.8. The molecule has 0 spiro atoms. The van der Waals surface area contributed by atoms with Gasteiger partial charge in [-0.05, 0) is 0 Å². The van der Waals surface area contributed by atoms with Gasteiger partial charge in [-0.1, -0.05) is 60.7 Å². The fourth-order valence-corrected chi connectivity index (χ4v) is 2.30. The molecule has 0 fully saturated rings. The Kier molecular flexibility index (Phi) is 3.17. The number of hydrogen-bond donors (Lipinski definition) is 3. The lowest BCUT2D eigenvalue weighted by Gasteiger charge is -2.39. The van der Waals surface area contributed by atoms with Crippen LogP contribution in [0.4, 0.5) is 4.79 Å². The number of benzene rings is 2. The highest BCUT2D eigenvalue weighted by Gasteiger charge is 2.46. The lowest BCUT2D eigenvalue weighted by Crippen LogP contribution is -2.63. The molecule has 2 aromatic carbocycles. The number of carbonyl (C=O) groups is 1. The number of aliphatic hydroxyl groups is 1. The Morgan fingerprint density at radius 1 is 1.05 bits per heavy atom. The molecule has 0 aromatic heterocycles. The molecule has 0 bridgehead atoms. The Hall–Kier alpha value is -2.70. The zero-order chi connectivity index (χ0) is 14.9. The summed E-state index contributed by atoms with van der Waals surface area (Å²) < 4.78 is 0. The van der Waals surface area contributed by atoms with Gasteiger partial charge in [-0.25, -0.2) is 21.1 Å². The lowest BCUT2D eigenvalue weighted by atomic mass is 9.91. The van der Waals surface area contributed by atoms with Crippen LogP contribution in [0.5, 0.6) is 0 Å². The van der Waals surface area contributed by atoms with E-state index < -0.39 is 11.8 Å². The van der Waals surface area contributed by atoms with Gasteiger partial charge >= 0.3 is 6.03 Å². The summed E-state index contributed by atoms with van der Waals surface area (Å²) in [6.07, 6.45) is 0. The minimum Gasteiger partial charge on any atom is -0.361 e. The van der Waals surface area contributed by atoms with E-state index in [2.05, 4.69) is 10.5 Å². The third-order valence-electron chi connectivity index (χ3n) is 3.38. The second-order valence-electron chi connectivity index (χ2n) is 4.65. The van der Waals surface area contributed by atoms with Crippen molar-refractivity contribution in [2.24, 2.45) is 10.9 Å². The molecular weight excluding hydrogens is 268 g/mol. The second kappa shape index (κ2) is 5.01. The van der Waals surface area contributed by atoms with Crippen molar-refractivity contribution < 1.29 is 9.90 Å². The Morgan fingerprint density at radius 2 is 1.62 bits per heavy atom. The average molecular weight is 282 g/mol. The molecule has 0 radical (unpaired) electrons. The summed E-state index contributed by atoms with van der Waals surface area (Å²) in [6.45, 7) is 0. The van der Waals surface area contributed by atoms with E-state index in [1.54, 1.807) is 36.4 Å². The van der Waals surface area contributed by atoms with Gasteiger partial charge in [0, 0.05) is 11.1 Å². The predicted octanol–water partition coefficient (Wildman–Crippen LogP) is 1.13. The molecule has 1 heterocycles. The predicted molar refractivity (Wildman–Crippen MR) is 77.9 cm³/mol. The van der Waals surface area contributed by atoms with E-state index in [1.807, 2.05) is 24.3 Å². The highest BCUT2D eigenvalue weighted by atomic mass is 16.3. The van der Waals surface area contributed by atoms with Gasteiger partial charge in [0.05, 0.1) is 0 Å². The summed E-state index contributed by atoms with van der Waals surface area (Å²) in [5.41, 5.74) is 1.86. The molecule has 0 unspecified atom stereocenters. The number of hydrazine groups is 1. The van der Waals surface area contributed by atoms with Crippen LogP contribution in [0.2, 0.25) is 0 Å². The molecule has 0 aliphatic carbocycles. The minimum atomic E-state index is -1.83. The molecule has 4 N–H and O–H groups in total. The largest absolute Gasteiger partial charge is 0.361 e. The molecule has 2 aromatic rings.